The van der Waals surface area contributed by atoms with Crippen LogP contribution < -0.4 is 10.1 Å². The number of cyclic esters (lactones) is 1. The molecule has 1 amide bonds. The standard InChI is InChI=1S/C25H20N2O4/c1-17(28)26-21-12-10-20(11-13-21)24-27-23(25(29)31-24)15-19-8-5-9-22(14-19)30-16-18-6-3-2-4-7-18/h2-15H,16H2,1H3,(H,26,28)/b23-15-. The highest BCUT2D eigenvalue weighted by molar-refractivity contribution is 6.13. The van der Waals surface area contributed by atoms with Crippen LogP contribution in [0.2, 0.25) is 0 Å². The Balaban J connectivity index is 1.48. The highest BCUT2D eigenvalue weighted by Gasteiger charge is 2.24. The minimum Gasteiger partial charge on any atom is -0.489 e. The van der Waals surface area contributed by atoms with E-state index in [1.807, 2.05) is 54.6 Å². The lowest BCUT2D eigenvalue weighted by molar-refractivity contribution is -0.129. The van der Waals surface area contributed by atoms with Crippen molar-refractivity contribution in [1.29, 1.82) is 0 Å². The number of hydrogen-bond donors (Lipinski definition) is 1. The molecule has 0 unspecified atom stereocenters. The van der Waals surface area contributed by atoms with Gasteiger partial charge in [-0.2, -0.15) is 0 Å². The molecule has 3 aromatic carbocycles. The molecule has 4 rings (SSSR count). The molecular formula is C25H20N2O4. The Kier molecular flexibility index (Phi) is 5.89. The van der Waals surface area contributed by atoms with Crippen molar-refractivity contribution in [3.05, 3.63) is 101 Å². The molecule has 1 N–H and O–H groups in total. The topological polar surface area (TPSA) is 77.0 Å². The smallest absolute Gasteiger partial charge is 0.363 e. The zero-order chi connectivity index (χ0) is 21.6. The van der Waals surface area contributed by atoms with Crippen LogP contribution in [0.1, 0.15) is 23.6 Å². The summed E-state index contributed by atoms with van der Waals surface area (Å²) in [5.41, 5.74) is 3.36. The quantitative estimate of drug-likeness (QED) is 0.475. The van der Waals surface area contributed by atoms with Gasteiger partial charge in [0.15, 0.2) is 5.70 Å². The number of carbonyl (C=O) groups excluding carboxylic acids is 2. The molecule has 0 aromatic heterocycles. The molecule has 0 bridgehead atoms. The molecule has 1 aliphatic heterocycles. The largest absolute Gasteiger partial charge is 0.489 e. The van der Waals surface area contributed by atoms with Crippen molar-refractivity contribution in [1.82, 2.24) is 0 Å². The maximum Gasteiger partial charge on any atom is 0.363 e. The second kappa shape index (κ2) is 9.09. The van der Waals surface area contributed by atoms with Crippen LogP contribution in [0.3, 0.4) is 0 Å². The van der Waals surface area contributed by atoms with Crippen molar-refractivity contribution in [2.45, 2.75) is 13.5 Å². The number of esters is 1. The van der Waals surface area contributed by atoms with Crippen LogP contribution in [-0.4, -0.2) is 17.8 Å². The highest BCUT2D eigenvalue weighted by atomic mass is 16.6. The summed E-state index contributed by atoms with van der Waals surface area (Å²) in [5.74, 6) is 0.249. The first-order valence-electron chi connectivity index (χ1n) is 9.74. The zero-order valence-corrected chi connectivity index (χ0v) is 16.9. The number of nitrogens with one attached hydrogen (secondary N) is 1. The number of hydrogen-bond acceptors (Lipinski definition) is 5. The third-order valence-corrected chi connectivity index (χ3v) is 4.48. The van der Waals surface area contributed by atoms with Crippen LogP contribution in [0.4, 0.5) is 5.69 Å². The maximum absolute atomic E-state index is 12.3. The summed E-state index contributed by atoms with van der Waals surface area (Å²) in [4.78, 5) is 27.7. The predicted molar refractivity (Wildman–Crippen MR) is 119 cm³/mol. The Morgan fingerprint density at radius 1 is 1.03 bits per heavy atom. The van der Waals surface area contributed by atoms with Gasteiger partial charge in [-0.15, -0.1) is 0 Å². The lowest BCUT2D eigenvalue weighted by Crippen LogP contribution is -2.07. The van der Waals surface area contributed by atoms with E-state index in [4.69, 9.17) is 9.47 Å². The molecule has 0 atom stereocenters. The number of ether oxygens (including phenoxy) is 2. The van der Waals surface area contributed by atoms with E-state index in [1.165, 1.54) is 6.92 Å². The molecule has 0 saturated heterocycles. The number of anilines is 1. The molecular weight excluding hydrogens is 392 g/mol. The summed E-state index contributed by atoms with van der Waals surface area (Å²) >= 11 is 0. The third-order valence-electron chi connectivity index (χ3n) is 4.48. The molecule has 0 spiro atoms. The normalized spacial score (nSPS) is 14.2. The molecule has 6 nitrogen and oxygen atoms in total. The SMILES string of the molecule is CC(=O)Nc1ccc(C2=N/C(=C\c3cccc(OCc4ccccc4)c3)C(=O)O2)cc1. The summed E-state index contributed by atoms with van der Waals surface area (Å²) < 4.78 is 11.2. The Morgan fingerprint density at radius 3 is 2.55 bits per heavy atom. The second-order valence-electron chi connectivity index (χ2n) is 6.94. The Labute approximate surface area is 179 Å². The molecule has 31 heavy (non-hydrogen) atoms. The van der Waals surface area contributed by atoms with Crippen molar-refractivity contribution in [2.24, 2.45) is 4.99 Å². The van der Waals surface area contributed by atoms with Gasteiger partial charge in [0.25, 0.3) is 0 Å². The average molecular weight is 412 g/mol. The number of nitrogens with zero attached hydrogens (tertiary/aromatic N) is 1. The van der Waals surface area contributed by atoms with E-state index >= 15 is 0 Å². The van der Waals surface area contributed by atoms with Gasteiger partial charge < -0.3 is 14.8 Å². The van der Waals surface area contributed by atoms with E-state index in [0.717, 1.165) is 11.1 Å². The lowest BCUT2D eigenvalue weighted by Gasteiger charge is -2.07. The Hall–Kier alpha value is -4.19. The van der Waals surface area contributed by atoms with Gasteiger partial charge in [-0.1, -0.05) is 42.5 Å². The molecule has 0 radical (unpaired) electrons. The van der Waals surface area contributed by atoms with Crippen LogP contribution >= 0.6 is 0 Å². The minimum absolute atomic E-state index is 0.155. The number of rotatable bonds is 6. The van der Waals surface area contributed by atoms with Crippen molar-refractivity contribution >= 4 is 29.5 Å². The van der Waals surface area contributed by atoms with Gasteiger partial charge in [-0.05, 0) is 53.6 Å². The first-order chi connectivity index (χ1) is 15.1. The van der Waals surface area contributed by atoms with E-state index in [2.05, 4.69) is 10.3 Å². The Bertz CT molecular complexity index is 1170. The third kappa shape index (κ3) is 5.25. The Morgan fingerprint density at radius 2 is 1.81 bits per heavy atom. The van der Waals surface area contributed by atoms with E-state index in [-0.39, 0.29) is 17.5 Å². The predicted octanol–water partition coefficient (Wildman–Crippen LogP) is 4.57. The van der Waals surface area contributed by atoms with Crippen molar-refractivity contribution in [3.63, 3.8) is 0 Å². The number of carbonyl (C=O) groups is 2. The fraction of sp³-hybridized carbons (Fsp3) is 0.0800. The van der Waals surface area contributed by atoms with Gasteiger partial charge in [0, 0.05) is 18.2 Å². The van der Waals surface area contributed by atoms with Crippen LogP contribution in [0.15, 0.2) is 89.6 Å². The van der Waals surface area contributed by atoms with Crippen molar-refractivity contribution in [2.75, 3.05) is 5.32 Å². The first-order valence-corrected chi connectivity index (χ1v) is 9.74. The summed E-state index contributed by atoms with van der Waals surface area (Å²) in [6, 6.07) is 24.2. The molecule has 154 valence electrons. The van der Waals surface area contributed by atoms with Crippen molar-refractivity contribution in [3.8, 4) is 5.75 Å². The number of amides is 1. The fourth-order valence-electron chi connectivity index (χ4n) is 3.02. The number of aliphatic imine (C=N–C) groups is 1. The van der Waals surface area contributed by atoms with E-state index in [9.17, 15) is 9.59 Å². The second-order valence-corrected chi connectivity index (χ2v) is 6.94. The molecule has 1 aliphatic rings. The molecule has 0 saturated carbocycles. The van der Waals surface area contributed by atoms with Gasteiger partial charge in [0.05, 0.1) is 0 Å². The maximum atomic E-state index is 12.3. The summed E-state index contributed by atoms with van der Waals surface area (Å²) in [6.07, 6.45) is 1.66. The molecule has 6 heteroatoms. The monoisotopic (exact) mass is 412 g/mol. The summed E-state index contributed by atoms with van der Waals surface area (Å²) in [7, 11) is 0. The van der Waals surface area contributed by atoms with Gasteiger partial charge in [-0.25, -0.2) is 9.79 Å². The molecule has 1 heterocycles. The zero-order valence-electron chi connectivity index (χ0n) is 16.9. The van der Waals surface area contributed by atoms with E-state index in [1.54, 1.807) is 30.3 Å². The highest BCUT2D eigenvalue weighted by Crippen LogP contribution is 2.22. The van der Waals surface area contributed by atoms with Gasteiger partial charge in [-0.3, -0.25) is 4.79 Å². The van der Waals surface area contributed by atoms with Gasteiger partial charge in [0.1, 0.15) is 12.4 Å². The first kappa shape index (κ1) is 20.1. The average Bonchev–Trinajstić information content (AvgIpc) is 3.13. The van der Waals surface area contributed by atoms with Gasteiger partial charge in [0.2, 0.25) is 11.8 Å². The summed E-state index contributed by atoms with van der Waals surface area (Å²) in [6.45, 7) is 1.90. The minimum atomic E-state index is -0.517. The fourth-order valence-corrected chi connectivity index (χ4v) is 3.02. The van der Waals surface area contributed by atoms with Gasteiger partial charge >= 0.3 is 5.97 Å². The summed E-state index contributed by atoms with van der Waals surface area (Å²) in [5, 5.41) is 2.69. The van der Waals surface area contributed by atoms with Crippen LogP contribution in [0, 0.1) is 0 Å². The van der Waals surface area contributed by atoms with Crippen LogP contribution in [0.5, 0.6) is 5.75 Å². The molecule has 0 aliphatic carbocycles. The van der Waals surface area contributed by atoms with Crippen molar-refractivity contribution < 1.29 is 19.1 Å². The van der Waals surface area contributed by atoms with E-state index < -0.39 is 5.97 Å². The number of benzene rings is 3. The van der Waals surface area contributed by atoms with E-state index in [0.29, 0.717) is 23.6 Å². The molecule has 0 fully saturated rings. The molecule has 3 aromatic rings. The van der Waals surface area contributed by atoms with Crippen LogP contribution in [0.25, 0.3) is 6.08 Å². The lowest BCUT2D eigenvalue weighted by atomic mass is 10.2. The van der Waals surface area contributed by atoms with Crippen LogP contribution in [-0.2, 0) is 20.9 Å².